The van der Waals surface area contributed by atoms with Gasteiger partial charge in [-0.1, -0.05) is 30.1 Å². The lowest BCUT2D eigenvalue weighted by molar-refractivity contribution is 0.102. The zero-order chi connectivity index (χ0) is 17.8. The minimum atomic E-state index is -0.299. The summed E-state index contributed by atoms with van der Waals surface area (Å²) in [5, 5.41) is 3.63. The number of hydrogen-bond donors (Lipinski definition) is 1. The number of carbonyl (C=O) groups is 1. The molecule has 5 nitrogen and oxygen atoms in total. The Morgan fingerprint density at radius 1 is 1.28 bits per heavy atom. The second-order valence-electron chi connectivity index (χ2n) is 6.08. The molecule has 1 fully saturated rings. The Morgan fingerprint density at radius 3 is 2.88 bits per heavy atom. The molecule has 1 aliphatic rings. The molecule has 0 aliphatic carbocycles. The first-order valence-corrected chi connectivity index (χ1v) is 9.20. The number of piperidine rings is 1. The molecule has 1 aromatic carbocycles. The quantitative estimate of drug-likeness (QED) is 0.829. The largest absolute Gasteiger partial charge is 0.338 e. The molecular formula is C18H20Cl2N4O. The van der Waals surface area contributed by atoms with Crippen molar-refractivity contribution in [2.75, 3.05) is 16.8 Å². The van der Waals surface area contributed by atoms with E-state index in [4.69, 9.17) is 23.2 Å². The fraction of sp³-hybridized carbons (Fsp3) is 0.389. The summed E-state index contributed by atoms with van der Waals surface area (Å²) in [5.74, 6) is 0.320. The van der Waals surface area contributed by atoms with Crippen molar-refractivity contribution in [2.24, 2.45) is 0 Å². The van der Waals surface area contributed by atoms with Crippen LogP contribution in [0.5, 0.6) is 0 Å². The second-order valence-corrected chi connectivity index (χ2v) is 6.89. The molecule has 132 valence electrons. The van der Waals surface area contributed by atoms with E-state index in [9.17, 15) is 4.79 Å². The van der Waals surface area contributed by atoms with Crippen LogP contribution in [-0.4, -0.2) is 28.5 Å². The first-order chi connectivity index (χ1) is 12.1. The lowest BCUT2D eigenvalue weighted by Crippen LogP contribution is -2.40. The highest BCUT2D eigenvalue weighted by Gasteiger charge is 2.23. The predicted octanol–water partition coefficient (Wildman–Crippen LogP) is 4.80. The molecule has 1 aliphatic heterocycles. The van der Waals surface area contributed by atoms with Gasteiger partial charge in [0.15, 0.2) is 0 Å². The van der Waals surface area contributed by atoms with Crippen LogP contribution in [0.15, 0.2) is 30.5 Å². The molecule has 3 rings (SSSR count). The third-order valence-electron chi connectivity index (χ3n) is 4.41. The van der Waals surface area contributed by atoms with E-state index in [1.54, 1.807) is 30.5 Å². The van der Waals surface area contributed by atoms with Crippen LogP contribution in [-0.2, 0) is 0 Å². The van der Waals surface area contributed by atoms with Crippen molar-refractivity contribution < 1.29 is 4.79 Å². The summed E-state index contributed by atoms with van der Waals surface area (Å²) < 4.78 is 0. The third-order valence-corrected chi connectivity index (χ3v) is 5.15. The van der Waals surface area contributed by atoms with Crippen LogP contribution in [0.4, 0.5) is 11.6 Å². The van der Waals surface area contributed by atoms with Gasteiger partial charge >= 0.3 is 0 Å². The maximum absolute atomic E-state index is 12.5. The van der Waals surface area contributed by atoms with Gasteiger partial charge in [0.1, 0.15) is 5.69 Å². The topological polar surface area (TPSA) is 58.1 Å². The van der Waals surface area contributed by atoms with Crippen molar-refractivity contribution in [3.05, 3.63) is 46.2 Å². The van der Waals surface area contributed by atoms with Gasteiger partial charge < -0.3 is 10.2 Å². The molecule has 1 unspecified atom stereocenters. The van der Waals surface area contributed by atoms with Gasteiger partial charge in [-0.2, -0.15) is 0 Å². The summed E-state index contributed by atoms with van der Waals surface area (Å²) in [6.07, 6.45) is 6.17. The maximum Gasteiger partial charge on any atom is 0.274 e. The number of carbonyl (C=O) groups excluding carboxylic acids is 1. The second kappa shape index (κ2) is 8.02. The fourth-order valence-electron chi connectivity index (χ4n) is 3.07. The first kappa shape index (κ1) is 18.0. The minimum Gasteiger partial charge on any atom is -0.338 e. The third kappa shape index (κ3) is 4.22. The number of aromatic nitrogens is 2. The highest BCUT2D eigenvalue weighted by atomic mass is 35.5. The molecule has 0 saturated carbocycles. The molecule has 25 heavy (non-hydrogen) atoms. The van der Waals surface area contributed by atoms with E-state index in [1.165, 1.54) is 6.42 Å². The summed E-state index contributed by atoms with van der Waals surface area (Å²) >= 11 is 11.9. The van der Waals surface area contributed by atoms with Crippen LogP contribution in [0.2, 0.25) is 10.0 Å². The van der Waals surface area contributed by atoms with Gasteiger partial charge in [0.2, 0.25) is 5.95 Å². The summed E-state index contributed by atoms with van der Waals surface area (Å²) in [6.45, 7) is 3.10. The number of nitrogens with zero attached hydrogens (tertiary/aromatic N) is 3. The monoisotopic (exact) mass is 378 g/mol. The van der Waals surface area contributed by atoms with E-state index in [2.05, 4.69) is 27.1 Å². The number of rotatable bonds is 4. The van der Waals surface area contributed by atoms with E-state index < -0.39 is 0 Å². The molecule has 1 atom stereocenters. The van der Waals surface area contributed by atoms with Crippen LogP contribution in [0.25, 0.3) is 0 Å². The van der Waals surface area contributed by atoms with Crippen molar-refractivity contribution in [1.29, 1.82) is 0 Å². The summed E-state index contributed by atoms with van der Waals surface area (Å²) in [7, 11) is 0. The fourth-order valence-corrected chi connectivity index (χ4v) is 3.37. The normalized spacial score (nSPS) is 17.4. The highest BCUT2D eigenvalue weighted by molar-refractivity contribution is 6.42. The van der Waals surface area contributed by atoms with E-state index in [-0.39, 0.29) is 5.91 Å². The van der Waals surface area contributed by atoms with Gasteiger partial charge in [-0.25, -0.2) is 9.97 Å². The molecular weight excluding hydrogens is 359 g/mol. The molecule has 0 spiro atoms. The van der Waals surface area contributed by atoms with Crippen LogP contribution < -0.4 is 10.2 Å². The average Bonchev–Trinajstić information content (AvgIpc) is 2.64. The van der Waals surface area contributed by atoms with Crippen molar-refractivity contribution in [2.45, 2.75) is 38.6 Å². The Hall–Kier alpha value is -1.85. The number of hydrogen-bond acceptors (Lipinski definition) is 4. The minimum absolute atomic E-state index is 0.299. The number of nitrogens with one attached hydrogen (secondary N) is 1. The summed E-state index contributed by atoms with van der Waals surface area (Å²) in [4.78, 5) is 23.6. The van der Waals surface area contributed by atoms with Gasteiger partial charge in [0.05, 0.1) is 10.0 Å². The summed E-state index contributed by atoms with van der Waals surface area (Å²) in [5.41, 5.74) is 0.903. The molecule has 2 aromatic rings. The molecule has 1 amide bonds. The Bertz CT molecular complexity index is 768. The summed E-state index contributed by atoms with van der Waals surface area (Å²) in [6, 6.07) is 7.00. The van der Waals surface area contributed by atoms with E-state index >= 15 is 0 Å². The molecule has 1 saturated heterocycles. The predicted molar refractivity (Wildman–Crippen MR) is 102 cm³/mol. The van der Waals surface area contributed by atoms with Crippen molar-refractivity contribution >= 4 is 40.7 Å². The zero-order valence-corrected chi connectivity index (χ0v) is 15.5. The molecule has 7 heteroatoms. The Morgan fingerprint density at radius 2 is 2.12 bits per heavy atom. The Kier molecular flexibility index (Phi) is 5.76. The number of benzene rings is 1. The molecule has 2 heterocycles. The van der Waals surface area contributed by atoms with Crippen molar-refractivity contribution in [3.8, 4) is 0 Å². The average molecular weight is 379 g/mol. The molecule has 1 aromatic heterocycles. The lowest BCUT2D eigenvalue weighted by atomic mass is 10.0. The smallest absolute Gasteiger partial charge is 0.274 e. The number of halogens is 2. The first-order valence-electron chi connectivity index (χ1n) is 8.44. The van der Waals surface area contributed by atoms with Gasteiger partial charge in [-0.15, -0.1) is 0 Å². The standard InChI is InChI=1S/C18H20Cl2N4O/c1-2-13-5-3-4-10-24(13)18-21-9-8-16(23-18)17(25)22-12-6-7-14(19)15(20)11-12/h6-9,11,13H,2-5,10H2,1H3,(H,22,25). The van der Waals surface area contributed by atoms with Gasteiger partial charge in [0.25, 0.3) is 5.91 Å². The van der Waals surface area contributed by atoms with E-state index in [0.717, 1.165) is 25.8 Å². The Balaban J connectivity index is 1.78. The van der Waals surface area contributed by atoms with Gasteiger partial charge in [0, 0.05) is 24.5 Å². The maximum atomic E-state index is 12.5. The van der Waals surface area contributed by atoms with Crippen molar-refractivity contribution in [3.63, 3.8) is 0 Å². The number of amides is 1. The van der Waals surface area contributed by atoms with Crippen LogP contribution >= 0.6 is 23.2 Å². The van der Waals surface area contributed by atoms with Crippen LogP contribution in [0, 0.1) is 0 Å². The Labute approximate surface area is 157 Å². The number of anilines is 2. The molecule has 1 N–H and O–H groups in total. The van der Waals surface area contributed by atoms with E-state index in [0.29, 0.717) is 33.4 Å². The van der Waals surface area contributed by atoms with E-state index in [1.807, 2.05) is 0 Å². The zero-order valence-electron chi connectivity index (χ0n) is 14.0. The SMILES string of the molecule is CCC1CCCCN1c1nccc(C(=O)Nc2ccc(Cl)c(Cl)c2)n1. The molecule has 0 radical (unpaired) electrons. The van der Waals surface area contributed by atoms with Gasteiger partial charge in [-0.05, 0) is 49.9 Å². The van der Waals surface area contributed by atoms with Crippen molar-refractivity contribution in [1.82, 2.24) is 9.97 Å². The highest BCUT2D eigenvalue weighted by Crippen LogP contribution is 2.26. The molecule has 0 bridgehead atoms. The van der Waals surface area contributed by atoms with Crippen LogP contribution in [0.1, 0.15) is 43.1 Å². The lowest BCUT2D eigenvalue weighted by Gasteiger charge is -2.35. The van der Waals surface area contributed by atoms with Crippen LogP contribution in [0.3, 0.4) is 0 Å². The van der Waals surface area contributed by atoms with Gasteiger partial charge in [-0.3, -0.25) is 4.79 Å².